The second kappa shape index (κ2) is 6.43. The van der Waals surface area contributed by atoms with Crippen molar-refractivity contribution < 1.29 is 4.74 Å². The quantitative estimate of drug-likeness (QED) is 0.853. The number of hydrogen-bond acceptors (Lipinski definition) is 4. The summed E-state index contributed by atoms with van der Waals surface area (Å²) in [5.74, 6) is 2.91. The van der Waals surface area contributed by atoms with E-state index < -0.39 is 0 Å². The molecule has 1 aromatic carbocycles. The number of rotatable bonds is 6. The van der Waals surface area contributed by atoms with Gasteiger partial charge in [-0.25, -0.2) is 4.98 Å². The van der Waals surface area contributed by atoms with Crippen LogP contribution in [0.1, 0.15) is 37.1 Å². The van der Waals surface area contributed by atoms with Crippen LogP contribution in [0, 0.1) is 0 Å². The lowest BCUT2D eigenvalue weighted by Crippen LogP contribution is -2.05. The van der Waals surface area contributed by atoms with E-state index in [-0.39, 0.29) is 0 Å². The minimum atomic E-state index is 0.513. The molecule has 1 N–H and O–H groups in total. The molecule has 4 nitrogen and oxygen atoms in total. The minimum absolute atomic E-state index is 0.513. The summed E-state index contributed by atoms with van der Waals surface area (Å²) in [4.78, 5) is 9.07. The SMILES string of the molecule is CCNc1cc(OCc2ccc(Br)cc2)nc(C2CC2)n1. The van der Waals surface area contributed by atoms with Crippen molar-refractivity contribution in [1.29, 1.82) is 0 Å². The number of halogens is 1. The van der Waals surface area contributed by atoms with Gasteiger partial charge >= 0.3 is 0 Å². The molecule has 1 fully saturated rings. The third-order valence-corrected chi connectivity index (χ3v) is 3.85. The van der Waals surface area contributed by atoms with E-state index in [1.807, 2.05) is 30.3 Å². The molecule has 2 aromatic rings. The van der Waals surface area contributed by atoms with Crippen LogP contribution in [0.15, 0.2) is 34.8 Å². The van der Waals surface area contributed by atoms with Crippen molar-refractivity contribution in [2.75, 3.05) is 11.9 Å². The minimum Gasteiger partial charge on any atom is -0.473 e. The Labute approximate surface area is 133 Å². The lowest BCUT2D eigenvalue weighted by molar-refractivity contribution is 0.292. The summed E-state index contributed by atoms with van der Waals surface area (Å²) in [6.45, 7) is 3.41. The van der Waals surface area contributed by atoms with E-state index in [1.165, 1.54) is 12.8 Å². The van der Waals surface area contributed by atoms with Gasteiger partial charge < -0.3 is 10.1 Å². The Kier molecular flexibility index (Phi) is 4.39. The molecule has 1 aliphatic rings. The number of anilines is 1. The molecule has 1 saturated carbocycles. The topological polar surface area (TPSA) is 47.0 Å². The number of benzene rings is 1. The molecule has 0 aliphatic heterocycles. The summed E-state index contributed by atoms with van der Waals surface area (Å²) in [6.07, 6.45) is 2.36. The third-order valence-electron chi connectivity index (χ3n) is 3.32. The Balaban J connectivity index is 1.72. The van der Waals surface area contributed by atoms with Gasteiger partial charge in [-0.3, -0.25) is 0 Å². The normalized spacial score (nSPS) is 14.0. The fourth-order valence-electron chi connectivity index (χ4n) is 2.05. The average molecular weight is 348 g/mol. The van der Waals surface area contributed by atoms with Crippen molar-refractivity contribution in [2.45, 2.75) is 32.3 Å². The predicted molar refractivity (Wildman–Crippen MR) is 86.6 cm³/mol. The Morgan fingerprint density at radius 3 is 2.67 bits per heavy atom. The van der Waals surface area contributed by atoms with Gasteiger partial charge in [0.1, 0.15) is 18.2 Å². The molecular formula is C16H18BrN3O. The number of nitrogens with zero attached hydrogens (tertiary/aromatic N) is 2. The fourth-order valence-corrected chi connectivity index (χ4v) is 2.31. The van der Waals surface area contributed by atoms with Crippen LogP contribution in [0.2, 0.25) is 0 Å². The van der Waals surface area contributed by atoms with Crippen LogP contribution in [0.4, 0.5) is 5.82 Å². The van der Waals surface area contributed by atoms with Gasteiger partial charge in [0.2, 0.25) is 5.88 Å². The molecule has 0 saturated heterocycles. The first-order valence-corrected chi connectivity index (χ1v) is 8.04. The second-order valence-electron chi connectivity index (χ2n) is 5.17. The molecule has 21 heavy (non-hydrogen) atoms. The van der Waals surface area contributed by atoms with Gasteiger partial charge in [0.25, 0.3) is 0 Å². The summed E-state index contributed by atoms with van der Waals surface area (Å²) in [5, 5.41) is 3.24. The van der Waals surface area contributed by atoms with E-state index >= 15 is 0 Å². The lowest BCUT2D eigenvalue weighted by atomic mass is 10.2. The van der Waals surface area contributed by atoms with E-state index in [4.69, 9.17) is 4.74 Å². The molecule has 1 aliphatic carbocycles. The summed E-state index contributed by atoms with van der Waals surface area (Å²) >= 11 is 3.43. The molecule has 0 amide bonds. The van der Waals surface area contributed by atoms with E-state index in [0.717, 1.165) is 28.2 Å². The molecule has 0 radical (unpaired) electrons. The molecular weight excluding hydrogens is 330 g/mol. The standard InChI is InChI=1S/C16H18BrN3O/c1-2-18-14-9-15(20-16(19-14)12-5-6-12)21-10-11-3-7-13(17)8-4-11/h3-4,7-9,12H,2,5-6,10H2,1H3,(H,18,19,20). The van der Waals surface area contributed by atoms with Crippen molar-refractivity contribution >= 4 is 21.7 Å². The summed E-state index contributed by atoms with van der Waals surface area (Å²) < 4.78 is 6.90. The van der Waals surface area contributed by atoms with Gasteiger partial charge in [0.05, 0.1) is 0 Å². The molecule has 110 valence electrons. The maximum Gasteiger partial charge on any atom is 0.219 e. The Morgan fingerprint density at radius 2 is 2.00 bits per heavy atom. The van der Waals surface area contributed by atoms with Crippen LogP contribution in [0.25, 0.3) is 0 Å². The molecule has 0 spiro atoms. The number of ether oxygens (including phenoxy) is 1. The summed E-state index contributed by atoms with van der Waals surface area (Å²) in [6, 6.07) is 9.97. The van der Waals surface area contributed by atoms with E-state index in [9.17, 15) is 0 Å². The predicted octanol–water partition coefficient (Wildman–Crippen LogP) is 4.13. The lowest BCUT2D eigenvalue weighted by Gasteiger charge is -2.10. The average Bonchev–Trinajstić information content (AvgIpc) is 3.31. The van der Waals surface area contributed by atoms with Gasteiger partial charge in [-0.05, 0) is 37.5 Å². The Morgan fingerprint density at radius 1 is 1.24 bits per heavy atom. The summed E-state index contributed by atoms with van der Waals surface area (Å²) in [5.41, 5.74) is 1.12. The van der Waals surface area contributed by atoms with Crippen molar-refractivity contribution in [3.63, 3.8) is 0 Å². The van der Waals surface area contributed by atoms with Crippen molar-refractivity contribution in [2.24, 2.45) is 0 Å². The Hall–Kier alpha value is -1.62. The molecule has 0 bridgehead atoms. The zero-order chi connectivity index (χ0) is 14.7. The van der Waals surface area contributed by atoms with Crippen molar-refractivity contribution in [3.8, 4) is 5.88 Å². The van der Waals surface area contributed by atoms with Gasteiger partial charge in [0, 0.05) is 23.0 Å². The van der Waals surface area contributed by atoms with Crippen LogP contribution >= 0.6 is 15.9 Å². The van der Waals surface area contributed by atoms with Gasteiger partial charge in [-0.15, -0.1) is 0 Å². The van der Waals surface area contributed by atoms with Crippen LogP contribution < -0.4 is 10.1 Å². The zero-order valence-corrected chi connectivity index (χ0v) is 13.6. The largest absolute Gasteiger partial charge is 0.473 e. The van der Waals surface area contributed by atoms with Crippen molar-refractivity contribution in [3.05, 3.63) is 46.2 Å². The highest BCUT2D eigenvalue weighted by Gasteiger charge is 2.27. The Bertz CT molecular complexity index is 611. The molecule has 5 heteroatoms. The molecule has 3 rings (SSSR count). The maximum atomic E-state index is 5.83. The fraction of sp³-hybridized carbons (Fsp3) is 0.375. The highest BCUT2D eigenvalue weighted by molar-refractivity contribution is 9.10. The van der Waals surface area contributed by atoms with Crippen LogP contribution in [0.3, 0.4) is 0 Å². The molecule has 1 aromatic heterocycles. The maximum absolute atomic E-state index is 5.83. The monoisotopic (exact) mass is 347 g/mol. The second-order valence-corrected chi connectivity index (χ2v) is 6.09. The first-order chi connectivity index (χ1) is 10.2. The van der Waals surface area contributed by atoms with Gasteiger partial charge in [-0.2, -0.15) is 4.98 Å². The summed E-state index contributed by atoms with van der Waals surface area (Å²) in [7, 11) is 0. The van der Waals surface area contributed by atoms with Gasteiger partial charge in [0.15, 0.2) is 0 Å². The number of nitrogens with one attached hydrogen (secondary N) is 1. The van der Waals surface area contributed by atoms with Crippen LogP contribution in [0.5, 0.6) is 5.88 Å². The van der Waals surface area contributed by atoms with E-state index in [1.54, 1.807) is 0 Å². The zero-order valence-electron chi connectivity index (χ0n) is 12.0. The van der Waals surface area contributed by atoms with Crippen molar-refractivity contribution in [1.82, 2.24) is 9.97 Å². The first kappa shape index (κ1) is 14.3. The van der Waals surface area contributed by atoms with E-state index in [0.29, 0.717) is 18.4 Å². The number of hydrogen-bond donors (Lipinski definition) is 1. The smallest absolute Gasteiger partial charge is 0.219 e. The van der Waals surface area contributed by atoms with Gasteiger partial charge in [-0.1, -0.05) is 28.1 Å². The number of aromatic nitrogens is 2. The highest BCUT2D eigenvalue weighted by Crippen LogP contribution is 2.39. The van der Waals surface area contributed by atoms with E-state index in [2.05, 4.69) is 38.1 Å². The third kappa shape index (κ3) is 3.94. The highest BCUT2D eigenvalue weighted by atomic mass is 79.9. The van der Waals surface area contributed by atoms with Crippen LogP contribution in [-0.2, 0) is 6.61 Å². The molecule has 0 unspecified atom stereocenters. The molecule has 1 heterocycles. The first-order valence-electron chi connectivity index (χ1n) is 7.24. The molecule has 0 atom stereocenters. The van der Waals surface area contributed by atoms with Crippen LogP contribution in [-0.4, -0.2) is 16.5 Å².